The first-order valence-electron chi connectivity index (χ1n) is 3.79. The largest absolute Gasteiger partial charge is 0.291 e. The van der Waals surface area contributed by atoms with Gasteiger partial charge in [-0.1, -0.05) is 6.58 Å². The number of allylic oxidation sites excluding steroid dienone is 1. The second kappa shape index (κ2) is 3.35. The third kappa shape index (κ3) is 1.72. The molecule has 0 amide bonds. The molecule has 0 unspecified atom stereocenters. The number of rotatable bonds is 2. The lowest BCUT2D eigenvalue weighted by Gasteiger charge is -2.03. The second-order valence-electron chi connectivity index (χ2n) is 2.87. The molecule has 0 aromatic carbocycles. The van der Waals surface area contributed by atoms with Gasteiger partial charge in [0.2, 0.25) is 0 Å². The van der Waals surface area contributed by atoms with Crippen molar-refractivity contribution in [3.63, 3.8) is 0 Å². The molecule has 68 valence electrons. The lowest BCUT2D eigenvalue weighted by molar-refractivity contribution is -0.385. The minimum atomic E-state index is -0.436. The summed E-state index contributed by atoms with van der Waals surface area (Å²) in [5, 5.41) is 10.5. The molecule has 4 heteroatoms. The first-order chi connectivity index (χ1) is 6.04. The number of nitro groups is 1. The van der Waals surface area contributed by atoms with E-state index in [4.69, 9.17) is 0 Å². The van der Waals surface area contributed by atoms with Crippen molar-refractivity contribution in [2.45, 2.75) is 13.8 Å². The Bertz CT molecular complexity index is 340. The van der Waals surface area contributed by atoms with E-state index in [2.05, 4.69) is 11.6 Å². The average Bonchev–Trinajstić information content (AvgIpc) is 2.03. The van der Waals surface area contributed by atoms with E-state index >= 15 is 0 Å². The van der Waals surface area contributed by atoms with Gasteiger partial charge in [0.05, 0.1) is 4.92 Å². The number of aromatic nitrogens is 1. The molecule has 0 aliphatic heterocycles. The SMILES string of the molecule is C=C(C)c1cncc([N+](=O)[O-])c1C. The third-order valence-electron chi connectivity index (χ3n) is 1.85. The van der Waals surface area contributed by atoms with Gasteiger partial charge < -0.3 is 0 Å². The van der Waals surface area contributed by atoms with Crippen LogP contribution in [0.4, 0.5) is 5.69 Å². The molecule has 0 bridgehead atoms. The molecule has 0 fully saturated rings. The van der Waals surface area contributed by atoms with E-state index in [1.807, 2.05) is 0 Å². The van der Waals surface area contributed by atoms with Crippen LogP contribution in [0.5, 0.6) is 0 Å². The predicted molar refractivity (Wildman–Crippen MR) is 50.3 cm³/mol. The highest BCUT2D eigenvalue weighted by molar-refractivity contribution is 5.66. The van der Waals surface area contributed by atoms with Gasteiger partial charge in [-0.2, -0.15) is 0 Å². The van der Waals surface area contributed by atoms with Crippen LogP contribution in [0.25, 0.3) is 5.57 Å². The third-order valence-corrected chi connectivity index (χ3v) is 1.85. The van der Waals surface area contributed by atoms with Crippen molar-refractivity contribution in [1.82, 2.24) is 4.98 Å². The maximum atomic E-state index is 10.5. The fourth-order valence-corrected chi connectivity index (χ4v) is 1.13. The molecule has 1 aromatic heterocycles. The lowest BCUT2D eigenvalue weighted by atomic mass is 10.1. The first kappa shape index (κ1) is 9.38. The van der Waals surface area contributed by atoms with Gasteiger partial charge in [-0.3, -0.25) is 15.1 Å². The average molecular weight is 178 g/mol. The molecule has 0 N–H and O–H groups in total. The lowest BCUT2D eigenvalue weighted by Crippen LogP contribution is -1.96. The number of nitrogens with zero attached hydrogens (tertiary/aromatic N) is 2. The van der Waals surface area contributed by atoms with Crippen molar-refractivity contribution < 1.29 is 4.92 Å². The Hall–Kier alpha value is -1.71. The first-order valence-corrected chi connectivity index (χ1v) is 3.79. The van der Waals surface area contributed by atoms with E-state index in [0.717, 1.165) is 11.1 Å². The summed E-state index contributed by atoms with van der Waals surface area (Å²) >= 11 is 0. The molecular weight excluding hydrogens is 168 g/mol. The van der Waals surface area contributed by atoms with Gasteiger partial charge in [0.25, 0.3) is 5.69 Å². The minimum absolute atomic E-state index is 0.0421. The van der Waals surface area contributed by atoms with E-state index in [-0.39, 0.29) is 5.69 Å². The normalized spacial score (nSPS) is 9.69. The second-order valence-corrected chi connectivity index (χ2v) is 2.87. The molecule has 0 radical (unpaired) electrons. The molecule has 0 aliphatic carbocycles. The standard InChI is InChI=1S/C9H10N2O2/c1-6(2)8-4-10-5-9(7(8)3)11(12)13/h4-5H,1H2,2-3H3. The summed E-state index contributed by atoms with van der Waals surface area (Å²) in [6.07, 6.45) is 2.84. The zero-order chi connectivity index (χ0) is 10.0. The van der Waals surface area contributed by atoms with Crippen LogP contribution in [0.15, 0.2) is 19.0 Å². The molecule has 1 heterocycles. The van der Waals surface area contributed by atoms with Gasteiger partial charge >= 0.3 is 0 Å². The Morgan fingerprint density at radius 2 is 2.23 bits per heavy atom. The Kier molecular flexibility index (Phi) is 2.41. The Balaban J connectivity index is 3.35. The molecule has 1 rings (SSSR count). The van der Waals surface area contributed by atoms with Gasteiger partial charge in [0.1, 0.15) is 6.20 Å². The highest BCUT2D eigenvalue weighted by Crippen LogP contribution is 2.23. The number of hydrogen-bond donors (Lipinski definition) is 0. The van der Waals surface area contributed by atoms with E-state index in [1.165, 1.54) is 6.20 Å². The summed E-state index contributed by atoms with van der Waals surface area (Å²) in [5.74, 6) is 0. The molecule has 4 nitrogen and oxygen atoms in total. The maximum Gasteiger partial charge on any atom is 0.291 e. The zero-order valence-electron chi connectivity index (χ0n) is 7.57. The van der Waals surface area contributed by atoms with Gasteiger partial charge in [-0.05, 0) is 19.4 Å². The topological polar surface area (TPSA) is 56.0 Å². The summed E-state index contributed by atoms with van der Waals surface area (Å²) in [6, 6.07) is 0. The van der Waals surface area contributed by atoms with Crippen LogP contribution in [0, 0.1) is 17.0 Å². The summed E-state index contributed by atoms with van der Waals surface area (Å²) < 4.78 is 0. The number of hydrogen-bond acceptors (Lipinski definition) is 3. The maximum absolute atomic E-state index is 10.5. The van der Waals surface area contributed by atoms with E-state index in [9.17, 15) is 10.1 Å². The Morgan fingerprint density at radius 1 is 1.62 bits per heavy atom. The van der Waals surface area contributed by atoms with Crippen LogP contribution in [0.3, 0.4) is 0 Å². The molecule has 0 saturated heterocycles. The summed E-state index contributed by atoms with van der Waals surface area (Å²) in [7, 11) is 0. The summed E-state index contributed by atoms with van der Waals surface area (Å²) in [4.78, 5) is 13.9. The van der Waals surface area contributed by atoms with E-state index in [0.29, 0.717) is 5.56 Å². The van der Waals surface area contributed by atoms with Crippen molar-refractivity contribution in [2.24, 2.45) is 0 Å². The van der Waals surface area contributed by atoms with Gasteiger partial charge in [0, 0.05) is 17.3 Å². The molecule has 0 atom stereocenters. The van der Waals surface area contributed by atoms with Crippen molar-refractivity contribution in [1.29, 1.82) is 0 Å². The van der Waals surface area contributed by atoms with Crippen molar-refractivity contribution in [3.05, 3.63) is 40.2 Å². The van der Waals surface area contributed by atoms with E-state index < -0.39 is 4.92 Å². The van der Waals surface area contributed by atoms with Gasteiger partial charge in [-0.25, -0.2) is 0 Å². The zero-order valence-corrected chi connectivity index (χ0v) is 7.57. The fraction of sp³-hybridized carbons (Fsp3) is 0.222. The van der Waals surface area contributed by atoms with Crippen LogP contribution in [-0.2, 0) is 0 Å². The smallest absolute Gasteiger partial charge is 0.258 e. The minimum Gasteiger partial charge on any atom is -0.258 e. The van der Waals surface area contributed by atoms with Gasteiger partial charge in [0.15, 0.2) is 0 Å². The van der Waals surface area contributed by atoms with Gasteiger partial charge in [-0.15, -0.1) is 0 Å². The Morgan fingerprint density at radius 3 is 2.69 bits per heavy atom. The van der Waals surface area contributed by atoms with Crippen LogP contribution in [0.1, 0.15) is 18.1 Å². The van der Waals surface area contributed by atoms with Crippen LogP contribution in [0.2, 0.25) is 0 Å². The molecule has 0 spiro atoms. The quantitative estimate of drug-likeness (QED) is 0.515. The fourth-order valence-electron chi connectivity index (χ4n) is 1.13. The van der Waals surface area contributed by atoms with Crippen molar-refractivity contribution in [3.8, 4) is 0 Å². The molecular formula is C9H10N2O2. The molecule has 1 aromatic rings. The monoisotopic (exact) mass is 178 g/mol. The van der Waals surface area contributed by atoms with E-state index in [1.54, 1.807) is 20.0 Å². The number of pyridine rings is 1. The van der Waals surface area contributed by atoms with Crippen molar-refractivity contribution >= 4 is 11.3 Å². The van der Waals surface area contributed by atoms with Crippen molar-refractivity contribution in [2.75, 3.05) is 0 Å². The predicted octanol–water partition coefficient (Wildman–Crippen LogP) is 2.33. The highest BCUT2D eigenvalue weighted by atomic mass is 16.6. The van der Waals surface area contributed by atoms with Crippen LogP contribution < -0.4 is 0 Å². The Labute approximate surface area is 76.1 Å². The van der Waals surface area contributed by atoms with Crippen LogP contribution in [-0.4, -0.2) is 9.91 Å². The molecule has 0 aliphatic rings. The molecule has 13 heavy (non-hydrogen) atoms. The highest BCUT2D eigenvalue weighted by Gasteiger charge is 2.13. The van der Waals surface area contributed by atoms with Crippen LogP contribution >= 0.6 is 0 Å². The summed E-state index contributed by atoms with van der Waals surface area (Å²) in [6.45, 7) is 7.22. The molecule has 0 saturated carbocycles. The summed E-state index contributed by atoms with van der Waals surface area (Å²) in [5.41, 5.74) is 2.19.